The quantitative estimate of drug-likeness (QED) is 0.794. The predicted molar refractivity (Wildman–Crippen MR) is 69.8 cm³/mol. The van der Waals surface area contributed by atoms with Crippen LogP contribution in [-0.2, 0) is 13.0 Å². The Bertz CT molecular complexity index is 343. The van der Waals surface area contributed by atoms with Gasteiger partial charge in [-0.25, -0.2) is 0 Å². The SMILES string of the molecule is CCC(CC)NCc1cccc2c1NCC2. The van der Waals surface area contributed by atoms with Crippen LogP contribution >= 0.6 is 0 Å². The largest absolute Gasteiger partial charge is 0.384 e. The summed E-state index contributed by atoms with van der Waals surface area (Å²) in [5.74, 6) is 0. The third kappa shape index (κ3) is 2.38. The van der Waals surface area contributed by atoms with Crippen LogP contribution < -0.4 is 10.6 Å². The fourth-order valence-corrected chi connectivity index (χ4v) is 2.39. The van der Waals surface area contributed by atoms with E-state index in [0.717, 1.165) is 13.1 Å². The number of rotatable bonds is 5. The topological polar surface area (TPSA) is 24.1 Å². The van der Waals surface area contributed by atoms with Crippen molar-refractivity contribution in [3.8, 4) is 0 Å². The van der Waals surface area contributed by atoms with Crippen molar-refractivity contribution in [2.45, 2.75) is 45.7 Å². The number of para-hydroxylation sites is 1. The van der Waals surface area contributed by atoms with Gasteiger partial charge in [-0.2, -0.15) is 0 Å². The van der Waals surface area contributed by atoms with E-state index in [1.165, 1.54) is 36.1 Å². The molecule has 2 heteroatoms. The Morgan fingerprint density at radius 1 is 1.31 bits per heavy atom. The Kier molecular flexibility index (Phi) is 3.83. The number of hydrogen-bond acceptors (Lipinski definition) is 2. The number of anilines is 1. The number of nitrogens with one attached hydrogen (secondary N) is 2. The van der Waals surface area contributed by atoms with Crippen molar-refractivity contribution in [3.05, 3.63) is 29.3 Å². The molecule has 1 aromatic rings. The highest BCUT2D eigenvalue weighted by Crippen LogP contribution is 2.26. The second-order valence-corrected chi connectivity index (χ2v) is 4.52. The van der Waals surface area contributed by atoms with Crippen LogP contribution in [0.15, 0.2) is 18.2 Å². The van der Waals surface area contributed by atoms with E-state index in [0.29, 0.717) is 6.04 Å². The van der Waals surface area contributed by atoms with Crippen molar-refractivity contribution in [1.29, 1.82) is 0 Å². The summed E-state index contributed by atoms with van der Waals surface area (Å²) in [6.45, 7) is 6.57. The van der Waals surface area contributed by atoms with Crippen LogP contribution in [0.5, 0.6) is 0 Å². The van der Waals surface area contributed by atoms with Crippen LogP contribution in [0.3, 0.4) is 0 Å². The van der Waals surface area contributed by atoms with Gasteiger partial charge in [-0.05, 0) is 30.4 Å². The third-order valence-electron chi connectivity index (χ3n) is 3.50. The van der Waals surface area contributed by atoms with Crippen LogP contribution in [0.25, 0.3) is 0 Å². The molecule has 1 aliphatic rings. The van der Waals surface area contributed by atoms with Gasteiger partial charge in [0.05, 0.1) is 0 Å². The van der Waals surface area contributed by atoms with Crippen molar-refractivity contribution in [1.82, 2.24) is 5.32 Å². The summed E-state index contributed by atoms with van der Waals surface area (Å²) in [5, 5.41) is 7.11. The van der Waals surface area contributed by atoms with Crippen molar-refractivity contribution in [2.24, 2.45) is 0 Å². The summed E-state index contributed by atoms with van der Waals surface area (Å²) in [7, 11) is 0. The van der Waals surface area contributed by atoms with Gasteiger partial charge < -0.3 is 10.6 Å². The lowest BCUT2D eigenvalue weighted by Gasteiger charge is -2.16. The highest BCUT2D eigenvalue weighted by molar-refractivity contribution is 5.61. The fraction of sp³-hybridized carbons (Fsp3) is 0.571. The van der Waals surface area contributed by atoms with Crippen LogP contribution in [0.4, 0.5) is 5.69 Å². The first-order chi connectivity index (χ1) is 7.85. The lowest BCUT2D eigenvalue weighted by atomic mass is 10.1. The van der Waals surface area contributed by atoms with Gasteiger partial charge in [0.15, 0.2) is 0 Å². The summed E-state index contributed by atoms with van der Waals surface area (Å²) in [4.78, 5) is 0. The van der Waals surface area contributed by atoms with Gasteiger partial charge in [0.2, 0.25) is 0 Å². The zero-order chi connectivity index (χ0) is 11.4. The average Bonchev–Trinajstić information content (AvgIpc) is 2.79. The summed E-state index contributed by atoms with van der Waals surface area (Å²) in [6.07, 6.45) is 3.59. The molecule has 0 fully saturated rings. The second kappa shape index (κ2) is 5.35. The lowest BCUT2D eigenvalue weighted by molar-refractivity contribution is 0.484. The molecule has 2 rings (SSSR count). The molecule has 1 aromatic carbocycles. The monoisotopic (exact) mass is 218 g/mol. The highest BCUT2D eigenvalue weighted by atomic mass is 14.9. The average molecular weight is 218 g/mol. The predicted octanol–water partition coefficient (Wildman–Crippen LogP) is 2.93. The standard InChI is InChI=1S/C14H22N2/c1-3-13(4-2)16-10-12-7-5-6-11-8-9-15-14(11)12/h5-7,13,15-16H,3-4,8-10H2,1-2H3. The number of fused-ring (bicyclic) bond motifs is 1. The smallest absolute Gasteiger partial charge is 0.0419 e. The maximum absolute atomic E-state index is 3.63. The molecule has 0 atom stereocenters. The fourth-order valence-electron chi connectivity index (χ4n) is 2.39. The summed E-state index contributed by atoms with van der Waals surface area (Å²) in [6, 6.07) is 7.29. The molecule has 0 saturated heterocycles. The van der Waals surface area contributed by atoms with Crippen molar-refractivity contribution in [3.63, 3.8) is 0 Å². The van der Waals surface area contributed by atoms with Crippen molar-refractivity contribution >= 4 is 5.69 Å². The first-order valence-electron chi connectivity index (χ1n) is 6.43. The van der Waals surface area contributed by atoms with E-state index in [4.69, 9.17) is 0 Å². The van der Waals surface area contributed by atoms with Gasteiger partial charge in [-0.15, -0.1) is 0 Å². The van der Waals surface area contributed by atoms with Crippen LogP contribution in [0.1, 0.15) is 37.8 Å². The Labute approximate surface area is 98.4 Å². The molecular weight excluding hydrogens is 196 g/mol. The van der Waals surface area contributed by atoms with Crippen LogP contribution in [0, 0.1) is 0 Å². The summed E-state index contributed by atoms with van der Waals surface area (Å²) >= 11 is 0. The molecule has 16 heavy (non-hydrogen) atoms. The molecule has 0 aromatic heterocycles. The van der Waals surface area contributed by atoms with E-state index in [1.807, 2.05) is 0 Å². The van der Waals surface area contributed by atoms with Crippen LogP contribution in [-0.4, -0.2) is 12.6 Å². The maximum Gasteiger partial charge on any atom is 0.0419 e. The molecule has 0 bridgehead atoms. The van der Waals surface area contributed by atoms with E-state index in [2.05, 4.69) is 42.7 Å². The van der Waals surface area contributed by atoms with Crippen molar-refractivity contribution in [2.75, 3.05) is 11.9 Å². The molecule has 0 amide bonds. The molecule has 0 radical (unpaired) electrons. The minimum Gasteiger partial charge on any atom is -0.384 e. The lowest BCUT2D eigenvalue weighted by Crippen LogP contribution is -2.27. The molecule has 1 aliphatic heterocycles. The first kappa shape index (κ1) is 11.5. The molecule has 0 aliphatic carbocycles. The van der Waals surface area contributed by atoms with Gasteiger partial charge in [-0.3, -0.25) is 0 Å². The maximum atomic E-state index is 3.63. The Morgan fingerprint density at radius 3 is 2.88 bits per heavy atom. The molecule has 0 saturated carbocycles. The third-order valence-corrected chi connectivity index (χ3v) is 3.50. The molecule has 0 unspecified atom stereocenters. The summed E-state index contributed by atoms with van der Waals surface area (Å²) < 4.78 is 0. The second-order valence-electron chi connectivity index (χ2n) is 4.52. The van der Waals surface area contributed by atoms with Gasteiger partial charge in [0.25, 0.3) is 0 Å². The van der Waals surface area contributed by atoms with Gasteiger partial charge >= 0.3 is 0 Å². The first-order valence-corrected chi connectivity index (χ1v) is 6.43. The van der Waals surface area contributed by atoms with Crippen molar-refractivity contribution < 1.29 is 0 Å². The zero-order valence-corrected chi connectivity index (χ0v) is 10.3. The van der Waals surface area contributed by atoms with E-state index < -0.39 is 0 Å². The van der Waals surface area contributed by atoms with E-state index in [1.54, 1.807) is 0 Å². The van der Waals surface area contributed by atoms with Gasteiger partial charge in [0, 0.05) is 24.8 Å². The van der Waals surface area contributed by atoms with E-state index in [-0.39, 0.29) is 0 Å². The molecule has 0 spiro atoms. The zero-order valence-electron chi connectivity index (χ0n) is 10.3. The van der Waals surface area contributed by atoms with Gasteiger partial charge in [0.1, 0.15) is 0 Å². The molecule has 88 valence electrons. The Hall–Kier alpha value is -1.02. The summed E-state index contributed by atoms with van der Waals surface area (Å²) in [5.41, 5.74) is 4.27. The number of hydrogen-bond donors (Lipinski definition) is 2. The molecule has 1 heterocycles. The van der Waals surface area contributed by atoms with Gasteiger partial charge in [-0.1, -0.05) is 32.0 Å². The normalized spacial score (nSPS) is 13.9. The highest BCUT2D eigenvalue weighted by Gasteiger charge is 2.13. The molecular formula is C14H22N2. The van der Waals surface area contributed by atoms with E-state index >= 15 is 0 Å². The Balaban J connectivity index is 2.02. The minimum atomic E-state index is 0.650. The Morgan fingerprint density at radius 2 is 2.12 bits per heavy atom. The minimum absolute atomic E-state index is 0.650. The van der Waals surface area contributed by atoms with Crippen LogP contribution in [0.2, 0.25) is 0 Å². The van der Waals surface area contributed by atoms with E-state index in [9.17, 15) is 0 Å². The number of benzene rings is 1. The molecule has 2 N–H and O–H groups in total. The molecule has 2 nitrogen and oxygen atoms in total.